The van der Waals surface area contributed by atoms with Gasteiger partial charge in [0.25, 0.3) is 11.8 Å². The third-order valence-corrected chi connectivity index (χ3v) is 6.04. The van der Waals surface area contributed by atoms with Crippen molar-refractivity contribution in [1.82, 2.24) is 5.32 Å². The summed E-state index contributed by atoms with van der Waals surface area (Å²) < 4.78 is 16.2. The molecule has 36 heavy (non-hydrogen) atoms. The quantitative estimate of drug-likeness (QED) is 0.424. The van der Waals surface area contributed by atoms with Crippen molar-refractivity contribution < 1.29 is 23.8 Å². The lowest BCUT2D eigenvalue weighted by Crippen LogP contribution is -2.20. The fourth-order valence-electron chi connectivity index (χ4n) is 3.28. The Labute approximate surface area is 213 Å². The van der Waals surface area contributed by atoms with Gasteiger partial charge in [-0.1, -0.05) is 23.8 Å². The van der Waals surface area contributed by atoms with Gasteiger partial charge in [0.2, 0.25) is 0 Å². The number of rotatable bonds is 8. The molecule has 0 unspecified atom stereocenters. The number of nitrogens with zero attached hydrogens (tertiary/aromatic N) is 1. The Morgan fingerprint density at radius 2 is 1.75 bits per heavy atom. The van der Waals surface area contributed by atoms with Crippen molar-refractivity contribution in [2.45, 2.75) is 6.92 Å². The summed E-state index contributed by atoms with van der Waals surface area (Å²) in [6.07, 6.45) is 1.74. The second-order valence-electron chi connectivity index (χ2n) is 7.79. The average Bonchev–Trinajstić information content (AvgIpc) is 3.23. The number of benzene rings is 3. The van der Waals surface area contributed by atoms with Gasteiger partial charge >= 0.3 is 0 Å². The summed E-state index contributed by atoms with van der Waals surface area (Å²) in [5.41, 5.74) is 3.25. The van der Waals surface area contributed by atoms with Gasteiger partial charge in [0.05, 0.1) is 24.8 Å². The normalized spacial score (nSPS) is 15.0. The number of aryl methyl sites for hydroxylation is 1. The van der Waals surface area contributed by atoms with Gasteiger partial charge in [-0.25, -0.2) is 4.99 Å². The van der Waals surface area contributed by atoms with Crippen LogP contribution in [0.25, 0.3) is 6.08 Å². The van der Waals surface area contributed by atoms with E-state index in [-0.39, 0.29) is 18.4 Å². The molecule has 0 saturated carbocycles. The molecule has 3 aromatic carbocycles. The SMILES string of the molecule is COc1ccc(N=C2NC(=O)/C(=C\c3ccc(OCC(=O)Nc4ccc(C)cc4)c(OC)c3)S2)cc1. The highest BCUT2D eigenvalue weighted by Gasteiger charge is 2.24. The van der Waals surface area contributed by atoms with Crippen LogP contribution >= 0.6 is 11.8 Å². The molecule has 1 saturated heterocycles. The lowest BCUT2D eigenvalue weighted by Gasteiger charge is -2.12. The molecule has 8 nitrogen and oxygen atoms in total. The van der Waals surface area contributed by atoms with Crippen LogP contribution in [0.15, 0.2) is 76.6 Å². The number of aliphatic imine (C=N–C) groups is 1. The molecular formula is C27H25N3O5S. The van der Waals surface area contributed by atoms with Gasteiger partial charge < -0.3 is 24.8 Å². The first kappa shape index (κ1) is 24.9. The molecule has 0 atom stereocenters. The molecule has 0 radical (unpaired) electrons. The van der Waals surface area contributed by atoms with Gasteiger partial charge in [0, 0.05) is 5.69 Å². The number of methoxy groups -OCH3 is 2. The maximum absolute atomic E-state index is 12.4. The van der Waals surface area contributed by atoms with Crippen LogP contribution in [0.1, 0.15) is 11.1 Å². The summed E-state index contributed by atoms with van der Waals surface area (Å²) in [6.45, 7) is 1.81. The maximum atomic E-state index is 12.4. The van der Waals surface area contributed by atoms with E-state index in [4.69, 9.17) is 14.2 Å². The van der Waals surface area contributed by atoms with Crippen molar-refractivity contribution in [3.8, 4) is 17.2 Å². The fraction of sp³-hybridized carbons (Fsp3) is 0.148. The van der Waals surface area contributed by atoms with Crippen LogP contribution in [0.2, 0.25) is 0 Å². The van der Waals surface area contributed by atoms with E-state index in [0.717, 1.165) is 16.9 Å². The first-order chi connectivity index (χ1) is 17.4. The second-order valence-corrected chi connectivity index (χ2v) is 8.82. The number of nitrogens with one attached hydrogen (secondary N) is 2. The number of carbonyl (C=O) groups excluding carboxylic acids is 2. The number of anilines is 1. The van der Waals surface area contributed by atoms with Gasteiger partial charge in [0.1, 0.15) is 5.75 Å². The Morgan fingerprint density at radius 3 is 2.44 bits per heavy atom. The van der Waals surface area contributed by atoms with Gasteiger partial charge in [0.15, 0.2) is 23.3 Å². The fourth-order valence-corrected chi connectivity index (χ4v) is 4.12. The first-order valence-electron chi connectivity index (χ1n) is 11.0. The minimum atomic E-state index is -0.283. The lowest BCUT2D eigenvalue weighted by atomic mass is 10.2. The highest BCUT2D eigenvalue weighted by molar-refractivity contribution is 8.18. The van der Waals surface area contributed by atoms with Crippen LogP contribution in [-0.2, 0) is 9.59 Å². The monoisotopic (exact) mass is 503 g/mol. The molecule has 184 valence electrons. The summed E-state index contributed by atoms with van der Waals surface area (Å²) in [7, 11) is 3.12. The Balaban J connectivity index is 1.40. The average molecular weight is 504 g/mol. The summed E-state index contributed by atoms with van der Waals surface area (Å²) in [4.78, 5) is 29.7. The summed E-state index contributed by atoms with van der Waals surface area (Å²) in [6, 6.07) is 20.0. The van der Waals surface area contributed by atoms with Crippen molar-refractivity contribution >= 4 is 46.2 Å². The number of amidine groups is 1. The molecule has 1 fully saturated rings. The lowest BCUT2D eigenvalue weighted by molar-refractivity contribution is -0.118. The van der Waals surface area contributed by atoms with Gasteiger partial charge in [-0.2, -0.15) is 0 Å². The van der Waals surface area contributed by atoms with E-state index < -0.39 is 0 Å². The Bertz CT molecular complexity index is 1320. The molecule has 2 amide bonds. The Hall–Kier alpha value is -4.24. The molecule has 4 rings (SSSR count). The maximum Gasteiger partial charge on any atom is 0.264 e. The summed E-state index contributed by atoms with van der Waals surface area (Å²) in [5, 5.41) is 6.05. The standard InChI is InChI=1S/C27H25N3O5S/c1-17-4-7-19(8-5-17)28-25(31)16-35-22-13-6-18(14-23(22)34-3)15-24-26(32)30-27(36-24)29-20-9-11-21(33-2)12-10-20/h4-15H,16H2,1-3H3,(H,28,31)(H,29,30,32)/b24-15+. The van der Waals surface area contributed by atoms with Crippen LogP contribution in [0, 0.1) is 6.92 Å². The van der Waals surface area contributed by atoms with Crippen LogP contribution < -0.4 is 24.8 Å². The molecule has 1 aliphatic rings. The largest absolute Gasteiger partial charge is 0.497 e. The van der Waals surface area contributed by atoms with E-state index in [1.807, 2.05) is 43.3 Å². The zero-order valence-corrected chi connectivity index (χ0v) is 20.8. The zero-order valence-electron chi connectivity index (χ0n) is 20.0. The predicted octanol–water partition coefficient (Wildman–Crippen LogP) is 4.92. The van der Waals surface area contributed by atoms with E-state index in [0.29, 0.717) is 32.9 Å². The van der Waals surface area contributed by atoms with Crippen LogP contribution in [0.5, 0.6) is 17.2 Å². The van der Waals surface area contributed by atoms with Gasteiger partial charge in [-0.05, 0) is 78.9 Å². The molecule has 2 N–H and O–H groups in total. The topological polar surface area (TPSA) is 98.3 Å². The number of thioether (sulfide) groups is 1. The number of hydrogen-bond donors (Lipinski definition) is 2. The third-order valence-electron chi connectivity index (χ3n) is 5.13. The number of hydrogen-bond acceptors (Lipinski definition) is 7. The van der Waals surface area contributed by atoms with Gasteiger partial charge in [-0.3, -0.25) is 9.59 Å². The van der Waals surface area contributed by atoms with E-state index >= 15 is 0 Å². The van der Waals surface area contributed by atoms with Crippen LogP contribution in [-0.4, -0.2) is 37.8 Å². The van der Waals surface area contributed by atoms with E-state index in [9.17, 15) is 9.59 Å². The molecule has 1 aliphatic heterocycles. The third kappa shape index (κ3) is 6.45. The minimum absolute atomic E-state index is 0.173. The van der Waals surface area contributed by atoms with E-state index in [1.165, 1.54) is 18.9 Å². The number of ether oxygens (including phenoxy) is 3. The highest BCUT2D eigenvalue weighted by atomic mass is 32.2. The highest BCUT2D eigenvalue weighted by Crippen LogP contribution is 2.32. The first-order valence-corrected chi connectivity index (χ1v) is 11.9. The number of carbonyl (C=O) groups is 2. The Kier molecular flexibility index (Phi) is 7.92. The van der Waals surface area contributed by atoms with Crippen LogP contribution in [0.3, 0.4) is 0 Å². The number of amides is 2. The smallest absolute Gasteiger partial charge is 0.264 e. The molecule has 3 aromatic rings. The molecular weight excluding hydrogens is 478 g/mol. The molecule has 1 heterocycles. The van der Waals surface area contributed by atoms with Crippen molar-refractivity contribution in [1.29, 1.82) is 0 Å². The van der Waals surface area contributed by atoms with Crippen molar-refractivity contribution in [3.05, 3.63) is 82.8 Å². The van der Waals surface area contributed by atoms with E-state index in [1.54, 1.807) is 43.5 Å². The molecule has 0 bridgehead atoms. The van der Waals surface area contributed by atoms with Crippen molar-refractivity contribution in [2.24, 2.45) is 4.99 Å². The summed E-state index contributed by atoms with van der Waals surface area (Å²) >= 11 is 1.25. The van der Waals surface area contributed by atoms with Gasteiger partial charge in [-0.15, -0.1) is 0 Å². The van der Waals surface area contributed by atoms with E-state index in [2.05, 4.69) is 15.6 Å². The summed E-state index contributed by atoms with van der Waals surface area (Å²) in [5.74, 6) is 1.08. The zero-order chi connectivity index (χ0) is 25.5. The van der Waals surface area contributed by atoms with Crippen molar-refractivity contribution in [3.63, 3.8) is 0 Å². The predicted molar refractivity (Wildman–Crippen MR) is 142 cm³/mol. The molecule has 0 spiro atoms. The molecule has 0 aliphatic carbocycles. The van der Waals surface area contributed by atoms with Crippen molar-refractivity contribution in [2.75, 3.05) is 26.1 Å². The Morgan fingerprint density at radius 1 is 1.00 bits per heavy atom. The minimum Gasteiger partial charge on any atom is -0.497 e. The molecule has 0 aromatic heterocycles. The van der Waals surface area contributed by atoms with Crippen LogP contribution in [0.4, 0.5) is 11.4 Å². The molecule has 9 heteroatoms. The second kappa shape index (κ2) is 11.5.